The number of para-hydroxylation sites is 1. The fraction of sp³-hybridized carbons (Fsp3) is 0.500. The average Bonchev–Trinajstić information content (AvgIpc) is 3.34. The van der Waals surface area contributed by atoms with Gasteiger partial charge in [-0.1, -0.05) is 30.3 Å². The Morgan fingerprint density at radius 1 is 0.972 bits per heavy atom. The minimum Gasteiger partial charge on any atom is -0.371 e. The first-order valence-electron chi connectivity index (χ1n) is 13.7. The van der Waals surface area contributed by atoms with E-state index in [4.69, 9.17) is 0 Å². The molecule has 0 radical (unpaired) electrons. The third kappa shape index (κ3) is 6.11. The molecule has 3 heterocycles. The second-order valence-corrected chi connectivity index (χ2v) is 10.8. The highest BCUT2D eigenvalue weighted by Gasteiger charge is 2.23. The summed E-state index contributed by atoms with van der Waals surface area (Å²) in [6.45, 7) is 12.8. The van der Waals surface area contributed by atoms with Crippen molar-refractivity contribution < 1.29 is 4.79 Å². The maximum absolute atomic E-state index is 12.6. The molecular formula is C30H41N5O. The second-order valence-electron chi connectivity index (χ2n) is 10.8. The lowest BCUT2D eigenvalue weighted by Crippen LogP contribution is -2.50. The summed E-state index contributed by atoms with van der Waals surface area (Å²) in [4.78, 5) is 23.6. The Balaban J connectivity index is 1.05. The van der Waals surface area contributed by atoms with E-state index in [9.17, 15) is 4.79 Å². The number of fused-ring (bicyclic) bond motifs is 1. The van der Waals surface area contributed by atoms with Crippen LogP contribution in [0.4, 0.5) is 5.69 Å². The largest absolute Gasteiger partial charge is 0.371 e. The molecule has 0 bridgehead atoms. The zero-order valence-electron chi connectivity index (χ0n) is 21.9. The van der Waals surface area contributed by atoms with E-state index in [0.29, 0.717) is 18.4 Å². The number of benzene rings is 2. The number of H-pyrrole nitrogens is 1. The van der Waals surface area contributed by atoms with E-state index in [-0.39, 0.29) is 5.91 Å². The number of carbonyl (C=O) groups is 1. The van der Waals surface area contributed by atoms with Crippen LogP contribution in [0.2, 0.25) is 0 Å². The van der Waals surface area contributed by atoms with Crippen LogP contribution in [0.1, 0.15) is 33.1 Å². The van der Waals surface area contributed by atoms with Gasteiger partial charge in [0.25, 0.3) is 0 Å². The van der Waals surface area contributed by atoms with Crippen molar-refractivity contribution in [3.63, 3.8) is 0 Å². The topological polar surface area (TPSA) is 54.6 Å². The summed E-state index contributed by atoms with van der Waals surface area (Å²) in [5.41, 5.74) is 4.82. The molecule has 36 heavy (non-hydrogen) atoms. The molecule has 2 N–H and O–H groups in total. The van der Waals surface area contributed by atoms with E-state index < -0.39 is 0 Å². The van der Waals surface area contributed by atoms with Gasteiger partial charge >= 0.3 is 0 Å². The highest BCUT2D eigenvalue weighted by Crippen LogP contribution is 2.30. The van der Waals surface area contributed by atoms with E-state index in [0.717, 1.165) is 70.9 Å². The van der Waals surface area contributed by atoms with Crippen molar-refractivity contribution in [2.24, 2.45) is 5.92 Å². The number of nitrogens with one attached hydrogen (secondary N) is 2. The number of hydrogen-bond donors (Lipinski definition) is 2. The Morgan fingerprint density at radius 2 is 1.75 bits per heavy atom. The Labute approximate surface area is 215 Å². The van der Waals surface area contributed by atoms with Crippen molar-refractivity contribution in [2.75, 3.05) is 57.3 Å². The number of amides is 1. The average molecular weight is 488 g/mol. The number of piperidine rings is 1. The smallest absolute Gasteiger partial charge is 0.220 e. The van der Waals surface area contributed by atoms with Crippen LogP contribution in [-0.2, 0) is 4.79 Å². The lowest BCUT2D eigenvalue weighted by molar-refractivity contribution is -0.122. The number of piperazine rings is 1. The zero-order chi connectivity index (χ0) is 24.9. The molecular weight excluding hydrogens is 446 g/mol. The Bertz CT molecular complexity index is 1110. The van der Waals surface area contributed by atoms with Crippen LogP contribution < -0.4 is 10.2 Å². The third-order valence-electron chi connectivity index (χ3n) is 8.03. The van der Waals surface area contributed by atoms with Gasteiger partial charge in [-0.25, -0.2) is 0 Å². The fourth-order valence-corrected chi connectivity index (χ4v) is 5.69. The van der Waals surface area contributed by atoms with Crippen LogP contribution >= 0.6 is 0 Å². The Kier molecular flexibility index (Phi) is 7.93. The molecule has 192 valence electrons. The molecule has 5 rings (SSSR count). The van der Waals surface area contributed by atoms with Crippen LogP contribution in [0.3, 0.4) is 0 Å². The lowest BCUT2D eigenvalue weighted by atomic mass is 9.92. The van der Waals surface area contributed by atoms with Crippen molar-refractivity contribution in [1.82, 2.24) is 20.1 Å². The van der Waals surface area contributed by atoms with Crippen LogP contribution in [0.25, 0.3) is 22.2 Å². The van der Waals surface area contributed by atoms with Crippen molar-refractivity contribution in [3.05, 3.63) is 54.6 Å². The normalized spacial score (nSPS) is 18.2. The molecule has 2 aliphatic rings. The van der Waals surface area contributed by atoms with Gasteiger partial charge in [-0.3, -0.25) is 14.6 Å². The van der Waals surface area contributed by atoms with Crippen LogP contribution in [0.15, 0.2) is 54.6 Å². The van der Waals surface area contributed by atoms with Crippen molar-refractivity contribution in [3.8, 4) is 11.3 Å². The Hall–Kier alpha value is -2.83. The van der Waals surface area contributed by atoms with Crippen LogP contribution in [-0.4, -0.2) is 79.1 Å². The van der Waals surface area contributed by atoms with E-state index in [1.165, 1.54) is 22.2 Å². The Morgan fingerprint density at radius 3 is 2.50 bits per heavy atom. The number of carbonyl (C=O) groups excluding carboxylic acids is 1. The first-order chi connectivity index (χ1) is 17.5. The monoisotopic (exact) mass is 487 g/mol. The van der Waals surface area contributed by atoms with E-state index >= 15 is 0 Å². The molecule has 3 aromatic rings. The van der Waals surface area contributed by atoms with Gasteiger partial charge in [0, 0.05) is 87.1 Å². The summed E-state index contributed by atoms with van der Waals surface area (Å²) in [6, 6.07) is 20.1. The SMILES string of the molecule is CC(C)N1CCN(CCNC(=O)CC2CCN(c3cccc(-c4cc5ccccc5[nH]4)c3)CC2)CC1. The minimum absolute atomic E-state index is 0.218. The van der Waals surface area contributed by atoms with Crippen LogP contribution in [0, 0.1) is 5.92 Å². The molecule has 2 saturated heterocycles. The summed E-state index contributed by atoms with van der Waals surface area (Å²) in [7, 11) is 0. The molecule has 1 amide bonds. The van der Waals surface area contributed by atoms with Gasteiger partial charge in [-0.2, -0.15) is 0 Å². The fourth-order valence-electron chi connectivity index (χ4n) is 5.69. The first kappa shape index (κ1) is 24.8. The van der Waals surface area contributed by atoms with Gasteiger partial charge in [0.05, 0.1) is 0 Å². The number of nitrogens with zero attached hydrogens (tertiary/aromatic N) is 3. The van der Waals surface area contributed by atoms with Crippen molar-refractivity contribution in [2.45, 2.75) is 39.2 Å². The zero-order valence-corrected chi connectivity index (χ0v) is 21.9. The van der Waals surface area contributed by atoms with Gasteiger partial charge < -0.3 is 15.2 Å². The third-order valence-corrected chi connectivity index (χ3v) is 8.03. The second kappa shape index (κ2) is 11.5. The summed E-state index contributed by atoms with van der Waals surface area (Å²) < 4.78 is 0. The molecule has 1 aromatic heterocycles. The van der Waals surface area contributed by atoms with E-state index in [2.05, 4.69) is 93.4 Å². The first-order valence-corrected chi connectivity index (χ1v) is 13.7. The number of hydrogen-bond acceptors (Lipinski definition) is 4. The van der Waals surface area contributed by atoms with Gasteiger partial charge in [-0.15, -0.1) is 0 Å². The highest BCUT2D eigenvalue weighted by atomic mass is 16.1. The number of rotatable bonds is 8. The molecule has 0 unspecified atom stereocenters. The lowest BCUT2D eigenvalue weighted by Gasteiger charge is -2.37. The summed E-state index contributed by atoms with van der Waals surface area (Å²) in [5.74, 6) is 0.697. The van der Waals surface area contributed by atoms with Crippen molar-refractivity contribution in [1.29, 1.82) is 0 Å². The van der Waals surface area contributed by atoms with Crippen molar-refractivity contribution >= 4 is 22.5 Å². The predicted molar refractivity (Wildman–Crippen MR) is 149 cm³/mol. The molecule has 2 aromatic carbocycles. The molecule has 0 saturated carbocycles. The molecule has 0 aliphatic carbocycles. The number of aromatic nitrogens is 1. The minimum atomic E-state index is 0.218. The van der Waals surface area contributed by atoms with Gasteiger partial charge in [0.2, 0.25) is 5.91 Å². The number of aromatic amines is 1. The van der Waals surface area contributed by atoms with Gasteiger partial charge in [0.15, 0.2) is 0 Å². The standard InChI is InChI=1S/C30H41N5O/c1-23(2)34-18-16-33(17-19-34)15-12-31-30(36)20-24-10-13-35(14-11-24)27-8-5-7-25(21-27)29-22-26-6-3-4-9-28(26)32-29/h3-9,21-24,32H,10-20H2,1-2H3,(H,31,36). The molecule has 0 atom stereocenters. The number of anilines is 1. The maximum atomic E-state index is 12.6. The van der Waals surface area contributed by atoms with Crippen LogP contribution in [0.5, 0.6) is 0 Å². The van der Waals surface area contributed by atoms with Gasteiger partial charge in [0.1, 0.15) is 0 Å². The molecule has 0 spiro atoms. The van der Waals surface area contributed by atoms with E-state index in [1.807, 2.05) is 0 Å². The highest BCUT2D eigenvalue weighted by molar-refractivity contribution is 5.86. The molecule has 2 aliphatic heterocycles. The molecule has 2 fully saturated rings. The van der Waals surface area contributed by atoms with E-state index in [1.54, 1.807) is 0 Å². The van der Waals surface area contributed by atoms with Gasteiger partial charge in [-0.05, 0) is 62.4 Å². The summed E-state index contributed by atoms with van der Waals surface area (Å²) >= 11 is 0. The quantitative estimate of drug-likeness (QED) is 0.488. The summed E-state index contributed by atoms with van der Waals surface area (Å²) in [5, 5.41) is 4.42. The molecule has 6 heteroatoms. The summed E-state index contributed by atoms with van der Waals surface area (Å²) in [6.07, 6.45) is 2.80. The molecule has 6 nitrogen and oxygen atoms in total. The maximum Gasteiger partial charge on any atom is 0.220 e. The predicted octanol–water partition coefficient (Wildman–Crippen LogP) is 4.58.